The third-order valence-electron chi connectivity index (χ3n) is 3.19. The second-order valence-corrected chi connectivity index (χ2v) is 7.11. The first-order chi connectivity index (χ1) is 11.2. The molecule has 0 fully saturated rings. The molecule has 0 spiro atoms. The molecule has 1 amide bonds. The fourth-order valence-corrected chi connectivity index (χ4v) is 3.41. The predicted octanol–water partition coefficient (Wildman–Crippen LogP) is 3.51. The topological polar surface area (TPSA) is 59.8 Å². The summed E-state index contributed by atoms with van der Waals surface area (Å²) in [5.41, 5.74) is 1.20. The molecule has 2 heterocycles. The lowest BCUT2D eigenvalue weighted by atomic mass is 10.2. The van der Waals surface area contributed by atoms with E-state index in [4.69, 9.17) is 0 Å². The van der Waals surface area contributed by atoms with E-state index in [-0.39, 0.29) is 11.2 Å². The van der Waals surface area contributed by atoms with Crippen molar-refractivity contribution in [3.05, 3.63) is 59.9 Å². The minimum atomic E-state index is -0.254. The summed E-state index contributed by atoms with van der Waals surface area (Å²) in [5, 5.41) is 5.84. The highest BCUT2D eigenvalue weighted by atomic mass is 32.2. The lowest BCUT2D eigenvalue weighted by Gasteiger charge is -2.12. The van der Waals surface area contributed by atoms with E-state index in [0.717, 1.165) is 11.7 Å². The molecule has 0 bridgehead atoms. The molecule has 0 saturated heterocycles. The van der Waals surface area contributed by atoms with Crippen LogP contribution in [0.25, 0.3) is 0 Å². The number of thiazole rings is 1. The van der Waals surface area contributed by atoms with Crippen LogP contribution in [0.1, 0.15) is 12.5 Å². The maximum Gasteiger partial charge on any atom is 0.239 e. The van der Waals surface area contributed by atoms with E-state index in [1.807, 2.05) is 41.3 Å². The number of benzene rings is 1. The molecule has 2 aromatic heterocycles. The summed E-state index contributed by atoms with van der Waals surface area (Å²) >= 11 is 2.85. The third kappa shape index (κ3) is 4.20. The minimum absolute atomic E-state index is 0.0702. The van der Waals surface area contributed by atoms with Crippen LogP contribution in [-0.2, 0) is 11.3 Å². The van der Waals surface area contributed by atoms with Gasteiger partial charge < -0.3 is 9.88 Å². The van der Waals surface area contributed by atoms with Crippen molar-refractivity contribution >= 4 is 34.1 Å². The monoisotopic (exact) mass is 344 g/mol. The second-order valence-electron chi connectivity index (χ2n) is 4.91. The number of amides is 1. The first-order valence-electron chi connectivity index (χ1n) is 7.14. The van der Waals surface area contributed by atoms with Gasteiger partial charge in [0.25, 0.3) is 0 Å². The largest absolute Gasteiger partial charge is 0.322 e. The lowest BCUT2D eigenvalue weighted by molar-refractivity contribution is -0.115. The molecule has 118 valence electrons. The van der Waals surface area contributed by atoms with Gasteiger partial charge in [-0.25, -0.2) is 9.97 Å². The zero-order valence-electron chi connectivity index (χ0n) is 12.5. The molecule has 5 nitrogen and oxygen atoms in total. The van der Waals surface area contributed by atoms with Crippen LogP contribution < -0.4 is 5.32 Å². The van der Waals surface area contributed by atoms with Crippen molar-refractivity contribution in [3.63, 3.8) is 0 Å². The van der Waals surface area contributed by atoms with Crippen LogP contribution in [0.2, 0.25) is 0 Å². The molecule has 0 saturated carbocycles. The molecule has 0 radical (unpaired) electrons. The number of hydrogen-bond acceptors (Lipinski definition) is 5. The molecule has 1 aromatic carbocycles. The van der Waals surface area contributed by atoms with Crippen LogP contribution in [0.15, 0.2) is 59.5 Å². The van der Waals surface area contributed by atoms with Crippen molar-refractivity contribution in [2.75, 3.05) is 5.32 Å². The number of nitrogens with one attached hydrogen (secondary N) is 1. The molecule has 0 aliphatic rings. The Morgan fingerprint density at radius 3 is 2.87 bits per heavy atom. The van der Waals surface area contributed by atoms with E-state index in [1.54, 1.807) is 12.4 Å². The Hall–Kier alpha value is -2.12. The van der Waals surface area contributed by atoms with Gasteiger partial charge in [0.05, 0.1) is 5.25 Å². The average molecular weight is 344 g/mol. The molecule has 0 unspecified atom stereocenters. The summed E-state index contributed by atoms with van der Waals surface area (Å²) < 4.78 is 2.05. The fourth-order valence-electron chi connectivity index (χ4n) is 2.02. The van der Waals surface area contributed by atoms with Crippen LogP contribution in [0.3, 0.4) is 0 Å². The fraction of sp³-hybridized carbons (Fsp3) is 0.188. The number of imidazole rings is 1. The van der Waals surface area contributed by atoms with Crippen LogP contribution in [-0.4, -0.2) is 25.7 Å². The van der Waals surface area contributed by atoms with E-state index >= 15 is 0 Å². The van der Waals surface area contributed by atoms with E-state index < -0.39 is 0 Å². The van der Waals surface area contributed by atoms with Crippen molar-refractivity contribution in [3.8, 4) is 0 Å². The van der Waals surface area contributed by atoms with Gasteiger partial charge in [-0.1, -0.05) is 42.1 Å². The van der Waals surface area contributed by atoms with E-state index in [0.29, 0.717) is 5.13 Å². The number of carbonyl (C=O) groups is 1. The number of thioether (sulfide) groups is 1. The summed E-state index contributed by atoms with van der Waals surface area (Å²) in [4.78, 5) is 20.6. The van der Waals surface area contributed by atoms with E-state index in [1.165, 1.54) is 28.7 Å². The number of aromatic nitrogens is 3. The van der Waals surface area contributed by atoms with Gasteiger partial charge in [0, 0.05) is 30.5 Å². The van der Waals surface area contributed by atoms with Crippen molar-refractivity contribution < 1.29 is 4.79 Å². The molecular weight excluding hydrogens is 328 g/mol. The van der Waals surface area contributed by atoms with Gasteiger partial charge in [-0.2, -0.15) is 0 Å². The maximum atomic E-state index is 12.2. The Morgan fingerprint density at radius 1 is 1.30 bits per heavy atom. The molecule has 3 aromatic rings. The number of carbonyl (C=O) groups excluding carboxylic acids is 1. The Morgan fingerprint density at radius 2 is 2.13 bits per heavy atom. The number of hydrogen-bond donors (Lipinski definition) is 1. The lowest BCUT2D eigenvalue weighted by Crippen LogP contribution is -2.22. The highest BCUT2D eigenvalue weighted by Crippen LogP contribution is 2.24. The number of nitrogens with zero attached hydrogens (tertiary/aromatic N) is 3. The molecule has 7 heteroatoms. The Balaban J connectivity index is 1.64. The highest BCUT2D eigenvalue weighted by molar-refractivity contribution is 8.00. The number of rotatable bonds is 6. The van der Waals surface area contributed by atoms with Crippen molar-refractivity contribution in [1.82, 2.24) is 14.5 Å². The maximum absolute atomic E-state index is 12.2. The molecule has 0 aliphatic heterocycles. The molecule has 3 rings (SSSR count). The first kappa shape index (κ1) is 15.8. The summed E-state index contributed by atoms with van der Waals surface area (Å²) in [6.45, 7) is 2.61. The predicted molar refractivity (Wildman–Crippen MR) is 93.8 cm³/mol. The molecular formula is C16H16N4OS2. The summed E-state index contributed by atoms with van der Waals surface area (Å²) in [7, 11) is 0. The van der Waals surface area contributed by atoms with Crippen LogP contribution >= 0.6 is 23.1 Å². The van der Waals surface area contributed by atoms with Crippen LogP contribution in [0.5, 0.6) is 0 Å². The average Bonchev–Trinajstić information content (AvgIpc) is 3.21. The zero-order valence-corrected chi connectivity index (χ0v) is 14.2. The Bertz CT molecular complexity index is 756. The molecule has 0 aliphatic carbocycles. The second kappa shape index (κ2) is 7.43. The van der Waals surface area contributed by atoms with Crippen molar-refractivity contribution in [2.45, 2.75) is 23.9 Å². The van der Waals surface area contributed by atoms with Gasteiger partial charge >= 0.3 is 0 Å². The molecule has 1 atom stereocenters. The van der Waals surface area contributed by atoms with Crippen molar-refractivity contribution in [2.24, 2.45) is 0 Å². The Kier molecular flexibility index (Phi) is 5.09. The van der Waals surface area contributed by atoms with Crippen LogP contribution in [0, 0.1) is 0 Å². The van der Waals surface area contributed by atoms with E-state index in [9.17, 15) is 4.79 Å². The van der Waals surface area contributed by atoms with Gasteiger partial charge in [-0.15, -0.1) is 11.3 Å². The standard InChI is InChI=1S/C16H16N4OS2/c1-12(14(21)19-15-17-8-10-22-15)23-16-18-7-9-20(16)11-13-5-3-2-4-6-13/h2-10,12H,11H2,1H3,(H,17,19,21)/t12-/m0/s1. The molecule has 23 heavy (non-hydrogen) atoms. The zero-order chi connectivity index (χ0) is 16.1. The first-order valence-corrected chi connectivity index (χ1v) is 8.90. The summed E-state index contributed by atoms with van der Waals surface area (Å²) in [5.74, 6) is -0.0702. The molecule has 1 N–H and O–H groups in total. The van der Waals surface area contributed by atoms with Gasteiger partial charge in [0.15, 0.2) is 10.3 Å². The quantitative estimate of drug-likeness (QED) is 0.695. The van der Waals surface area contributed by atoms with E-state index in [2.05, 4.69) is 27.4 Å². The van der Waals surface area contributed by atoms with Crippen molar-refractivity contribution in [1.29, 1.82) is 0 Å². The van der Waals surface area contributed by atoms with Gasteiger partial charge in [-0.05, 0) is 12.5 Å². The SMILES string of the molecule is C[C@H](Sc1nccn1Cc1ccccc1)C(=O)Nc1nccs1. The van der Waals surface area contributed by atoms with Gasteiger partial charge in [0.2, 0.25) is 5.91 Å². The van der Waals surface area contributed by atoms with Gasteiger partial charge in [0.1, 0.15) is 0 Å². The number of anilines is 1. The highest BCUT2D eigenvalue weighted by Gasteiger charge is 2.18. The third-order valence-corrected chi connectivity index (χ3v) is 4.99. The van der Waals surface area contributed by atoms with Crippen LogP contribution in [0.4, 0.5) is 5.13 Å². The smallest absolute Gasteiger partial charge is 0.239 e. The minimum Gasteiger partial charge on any atom is -0.322 e. The summed E-state index contributed by atoms with van der Waals surface area (Å²) in [6.07, 6.45) is 5.36. The van der Waals surface area contributed by atoms with Gasteiger partial charge in [-0.3, -0.25) is 4.79 Å². The summed E-state index contributed by atoms with van der Waals surface area (Å²) in [6, 6.07) is 10.2. The Labute approximate surface area is 142 Å². The normalized spacial score (nSPS) is 12.0.